The fourth-order valence-electron chi connectivity index (χ4n) is 7.17. The van der Waals surface area contributed by atoms with Crippen LogP contribution in [0.3, 0.4) is 0 Å². The van der Waals surface area contributed by atoms with Gasteiger partial charge < -0.3 is 0 Å². The van der Waals surface area contributed by atoms with Crippen LogP contribution in [0.25, 0.3) is 102 Å². The molecule has 0 aliphatic carbocycles. The average Bonchev–Trinajstić information content (AvgIpc) is 3.37. The molecule has 0 saturated carbocycles. The lowest BCUT2D eigenvalue weighted by Crippen LogP contribution is -1.97. The van der Waals surface area contributed by atoms with Crippen LogP contribution in [0.2, 0.25) is 0 Å². The summed E-state index contributed by atoms with van der Waals surface area (Å²) in [5, 5.41) is 9.55. The minimum Gasteiger partial charge on any atom is -0.255 e. The highest BCUT2D eigenvalue weighted by Gasteiger charge is 2.16. The SMILES string of the molecule is N#Cc1ccc(-c2cc(-c3cc(-c4cc(-c5ccccn5)nc(-c5ccccn5)c4)ccn3)nc(-c3cc(-c4cc(-c5ccccn5)nc(-c5ccccn5)c4)ccn3)c2)cc1. The molecule has 10 rings (SSSR count). The zero-order valence-electron chi connectivity index (χ0n) is 32.9. The Balaban J connectivity index is 1.10. The molecular formula is C52H32N10. The maximum atomic E-state index is 9.55. The monoisotopic (exact) mass is 796 g/mol. The zero-order valence-corrected chi connectivity index (χ0v) is 32.9. The lowest BCUT2D eigenvalue weighted by molar-refractivity contribution is 1.21. The van der Waals surface area contributed by atoms with Gasteiger partial charge in [-0.25, -0.2) is 15.0 Å². The molecule has 0 unspecified atom stereocenters. The molecule has 0 spiro atoms. The van der Waals surface area contributed by atoms with E-state index in [-0.39, 0.29) is 0 Å². The lowest BCUT2D eigenvalue weighted by Gasteiger charge is -2.13. The van der Waals surface area contributed by atoms with Gasteiger partial charge in [-0.3, -0.25) is 29.9 Å². The molecule has 10 heteroatoms. The summed E-state index contributed by atoms with van der Waals surface area (Å²) < 4.78 is 0. The van der Waals surface area contributed by atoms with E-state index in [1.165, 1.54) is 0 Å². The van der Waals surface area contributed by atoms with Crippen molar-refractivity contribution < 1.29 is 0 Å². The van der Waals surface area contributed by atoms with Crippen LogP contribution < -0.4 is 0 Å². The molecule has 290 valence electrons. The van der Waals surface area contributed by atoms with Gasteiger partial charge in [-0.1, -0.05) is 36.4 Å². The van der Waals surface area contributed by atoms with Gasteiger partial charge in [0.1, 0.15) is 0 Å². The molecule has 0 N–H and O–H groups in total. The van der Waals surface area contributed by atoms with Crippen molar-refractivity contribution in [3.05, 3.63) is 200 Å². The molecule has 0 saturated heterocycles. The summed E-state index contributed by atoms with van der Waals surface area (Å²) in [7, 11) is 0. The molecule has 0 radical (unpaired) electrons. The quantitative estimate of drug-likeness (QED) is 0.139. The van der Waals surface area contributed by atoms with Crippen molar-refractivity contribution in [3.8, 4) is 108 Å². The van der Waals surface area contributed by atoms with E-state index < -0.39 is 0 Å². The van der Waals surface area contributed by atoms with Gasteiger partial charge in [0.2, 0.25) is 0 Å². The number of benzene rings is 1. The minimum atomic E-state index is 0.576. The van der Waals surface area contributed by atoms with Crippen molar-refractivity contribution in [3.63, 3.8) is 0 Å². The Bertz CT molecular complexity index is 2930. The van der Waals surface area contributed by atoms with Gasteiger partial charge in [-0.2, -0.15) is 5.26 Å². The number of hydrogen-bond donors (Lipinski definition) is 0. The highest BCUT2D eigenvalue weighted by Crippen LogP contribution is 2.35. The van der Waals surface area contributed by atoms with Crippen LogP contribution in [-0.2, 0) is 0 Å². The third kappa shape index (κ3) is 7.93. The molecule has 0 fully saturated rings. The van der Waals surface area contributed by atoms with Gasteiger partial charge in [-0.05, 0) is 155 Å². The van der Waals surface area contributed by atoms with Crippen LogP contribution in [0.1, 0.15) is 5.56 Å². The van der Waals surface area contributed by atoms with Gasteiger partial charge in [0.15, 0.2) is 0 Å². The zero-order chi connectivity index (χ0) is 41.7. The molecular weight excluding hydrogens is 765 g/mol. The fraction of sp³-hybridized carbons (Fsp3) is 0. The summed E-state index contributed by atoms with van der Waals surface area (Å²) in [6, 6.07) is 53.1. The van der Waals surface area contributed by atoms with Crippen molar-refractivity contribution in [1.82, 2.24) is 44.9 Å². The molecule has 10 nitrogen and oxygen atoms in total. The van der Waals surface area contributed by atoms with E-state index in [0.717, 1.165) is 78.9 Å². The van der Waals surface area contributed by atoms with Crippen LogP contribution in [-0.4, -0.2) is 44.9 Å². The summed E-state index contributed by atoms with van der Waals surface area (Å²) in [5.74, 6) is 0. The highest BCUT2D eigenvalue weighted by molar-refractivity contribution is 5.81. The average molecular weight is 797 g/mol. The Labute approximate surface area is 357 Å². The van der Waals surface area contributed by atoms with Crippen molar-refractivity contribution in [2.45, 2.75) is 0 Å². The molecule has 62 heavy (non-hydrogen) atoms. The van der Waals surface area contributed by atoms with E-state index in [9.17, 15) is 5.26 Å². The largest absolute Gasteiger partial charge is 0.255 e. The van der Waals surface area contributed by atoms with E-state index in [1.807, 2.05) is 158 Å². The first-order valence-corrected chi connectivity index (χ1v) is 19.8. The van der Waals surface area contributed by atoms with Crippen LogP contribution in [0.4, 0.5) is 0 Å². The first-order chi connectivity index (χ1) is 30.6. The standard InChI is InChI=1S/C52H32N10/c53-33-34-13-15-35(16-14-34)38-27-51(45-25-36(17-23-58-45)39-29-47(41-9-1-5-19-54-41)60-48(30-39)42-10-2-6-20-55-42)62-52(28-38)46-26-37(18-24-59-46)40-31-49(43-11-3-7-21-56-43)61-50(32-40)44-12-4-8-22-57-44/h1-32H. The van der Waals surface area contributed by atoms with Gasteiger partial charge in [0.25, 0.3) is 0 Å². The maximum Gasteiger partial charge on any atom is 0.0991 e. The first-order valence-electron chi connectivity index (χ1n) is 19.8. The Morgan fingerprint density at radius 1 is 0.258 bits per heavy atom. The maximum absolute atomic E-state index is 9.55. The van der Waals surface area contributed by atoms with Crippen molar-refractivity contribution in [2.75, 3.05) is 0 Å². The van der Waals surface area contributed by atoms with Gasteiger partial charge >= 0.3 is 0 Å². The number of hydrogen-bond acceptors (Lipinski definition) is 10. The molecule has 0 atom stereocenters. The van der Waals surface area contributed by atoms with E-state index >= 15 is 0 Å². The number of nitrogens with zero attached hydrogens (tertiary/aromatic N) is 10. The molecule has 0 aliphatic heterocycles. The normalized spacial score (nSPS) is 10.9. The second-order valence-electron chi connectivity index (χ2n) is 14.3. The second kappa shape index (κ2) is 16.7. The number of aromatic nitrogens is 9. The summed E-state index contributed by atoms with van der Waals surface area (Å²) in [6.45, 7) is 0. The van der Waals surface area contributed by atoms with Gasteiger partial charge in [-0.15, -0.1) is 0 Å². The van der Waals surface area contributed by atoms with Gasteiger partial charge in [0, 0.05) is 37.2 Å². The Kier molecular flexibility index (Phi) is 10.1. The number of rotatable bonds is 9. The van der Waals surface area contributed by atoms with Crippen LogP contribution >= 0.6 is 0 Å². The van der Waals surface area contributed by atoms with Crippen LogP contribution in [0.15, 0.2) is 195 Å². The molecule has 0 amide bonds. The van der Waals surface area contributed by atoms with E-state index in [2.05, 4.69) is 26.0 Å². The molecule has 9 heterocycles. The highest BCUT2D eigenvalue weighted by atomic mass is 14.8. The van der Waals surface area contributed by atoms with E-state index in [1.54, 1.807) is 37.2 Å². The third-order valence-corrected chi connectivity index (χ3v) is 10.2. The molecule has 9 aromatic heterocycles. The minimum absolute atomic E-state index is 0.576. The molecule has 0 bridgehead atoms. The van der Waals surface area contributed by atoms with Crippen LogP contribution in [0, 0.1) is 11.3 Å². The predicted octanol–water partition coefficient (Wildman–Crippen LogP) is 11.1. The Hall–Kier alpha value is -8.94. The first kappa shape index (κ1) is 37.3. The van der Waals surface area contributed by atoms with E-state index in [4.69, 9.17) is 24.9 Å². The van der Waals surface area contributed by atoms with Crippen molar-refractivity contribution in [1.29, 1.82) is 5.26 Å². The predicted molar refractivity (Wildman–Crippen MR) is 240 cm³/mol. The molecule has 1 aromatic carbocycles. The second-order valence-corrected chi connectivity index (χ2v) is 14.3. The summed E-state index contributed by atoms with van der Waals surface area (Å²) in [5.41, 5.74) is 14.6. The Morgan fingerprint density at radius 3 is 0.887 bits per heavy atom. The summed E-state index contributed by atoms with van der Waals surface area (Å²) in [6.07, 6.45) is 10.6. The topological polar surface area (TPSA) is 140 Å². The van der Waals surface area contributed by atoms with Gasteiger partial charge in [0.05, 0.1) is 80.0 Å². The third-order valence-electron chi connectivity index (χ3n) is 10.2. The summed E-state index contributed by atoms with van der Waals surface area (Å²) in [4.78, 5) is 43.2. The molecule has 0 aliphatic rings. The number of pyridine rings is 9. The lowest BCUT2D eigenvalue weighted by atomic mass is 9.99. The summed E-state index contributed by atoms with van der Waals surface area (Å²) >= 11 is 0. The van der Waals surface area contributed by atoms with Crippen molar-refractivity contribution in [2.24, 2.45) is 0 Å². The molecule has 10 aromatic rings. The van der Waals surface area contributed by atoms with E-state index in [0.29, 0.717) is 28.3 Å². The smallest absolute Gasteiger partial charge is 0.0991 e. The van der Waals surface area contributed by atoms with Crippen LogP contribution in [0.5, 0.6) is 0 Å². The Morgan fingerprint density at radius 2 is 0.565 bits per heavy atom. The number of nitriles is 1. The fourth-order valence-corrected chi connectivity index (χ4v) is 7.17. The van der Waals surface area contributed by atoms with Crippen molar-refractivity contribution >= 4 is 0 Å².